The lowest BCUT2D eigenvalue weighted by Crippen LogP contribution is -2.43. The number of hydrogen-bond donors (Lipinski definition) is 1. The molecule has 2 aromatic rings. The molecular formula is C25H32N2O8S2. The molecule has 2 atom stereocenters. The highest BCUT2D eigenvalue weighted by Crippen LogP contribution is 2.34. The number of methoxy groups -OCH3 is 1. The van der Waals surface area contributed by atoms with Crippen LogP contribution in [-0.4, -0.2) is 94.6 Å². The maximum Gasteiger partial charge on any atom is 0.288 e. The van der Waals surface area contributed by atoms with Gasteiger partial charge in [0.1, 0.15) is 5.75 Å². The zero-order valence-corrected chi connectivity index (χ0v) is 22.3. The first-order valence-corrected chi connectivity index (χ1v) is 14.4. The average Bonchev–Trinajstić information content (AvgIpc) is 3.48. The Morgan fingerprint density at radius 2 is 1.95 bits per heavy atom. The first-order valence-electron chi connectivity index (χ1n) is 12.1. The van der Waals surface area contributed by atoms with Crippen LogP contribution in [0.5, 0.6) is 5.75 Å². The molecule has 2 aliphatic rings. The molecule has 2 aliphatic heterocycles. The summed E-state index contributed by atoms with van der Waals surface area (Å²) in [6, 6.07) is 10.0. The molecule has 1 N–H and O–H groups in total. The summed E-state index contributed by atoms with van der Waals surface area (Å²) in [5.41, 5.74) is 0. The Morgan fingerprint density at radius 1 is 1.19 bits per heavy atom. The van der Waals surface area contributed by atoms with E-state index in [1.165, 1.54) is 23.5 Å². The number of rotatable bonds is 11. The molecule has 202 valence electrons. The van der Waals surface area contributed by atoms with Crippen LogP contribution in [-0.2, 0) is 29.0 Å². The fourth-order valence-electron chi connectivity index (χ4n) is 4.18. The topological polar surface area (TPSA) is 115 Å². The van der Waals surface area contributed by atoms with Gasteiger partial charge >= 0.3 is 0 Å². The molecule has 0 spiro atoms. The van der Waals surface area contributed by atoms with Gasteiger partial charge in [-0.3, -0.25) is 4.79 Å². The van der Waals surface area contributed by atoms with Gasteiger partial charge in [0.15, 0.2) is 5.76 Å². The fourth-order valence-corrected chi connectivity index (χ4v) is 6.41. The highest BCUT2D eigenvalue weighted by Gasteiger charge is 2.32. The molecule has 37 heavy (non-hydrogen) atoms. The predicted molar refractivity (Wildman–Crippen MR) is 137 cm³/mol. The van der Waals surface area contributed by atoms with Crippen LogP contribution in [0.2, 0.25) is 0 Å². The largest absolute Gasteiger partial charge is 0.497 e. The van der Waals surface area contributed by atoms with E-state index in [0.717, 1.165) is 4.88 Å². The van der Waals surface area contributed by atoms with Gasteiger partial charge in [-0.2, -0.15) is 4.31 Å². The molecule has 1 amide bonds. The molecule has 1 aromatic carbocycles. The number of carbonyl (C=O) groups is 1. The smallest absolute Gasteiger partial charge is 0.288 e. The van der Waals surface area contributed by atoms with Crippen molar-refractivity contribution in [3.63, 3.8) is 0 Å². The highest BCUT2D eigenvalue weighted by atomic mass is 32.2. The van der Waals surface area contributed by atoms with Gasteiger partial charge in [0.2, 0.25) is 16.3 Å². The van der Waals surface area contributed by atoms with Crippen LogP contribution in [0, 0.1) is 0 Å². The second-order valence-corrected chi connectivity index (χ2v) is 11.4. The van der Waals surface area contributed by atoms with Crippen molar-refractivity contribution >= 4 is 27.3 Å². The molecule has 0 aliphatic carbocycles. The van der Waals surface area contributed by atoms with Crippen LogP contribution in [0.15, 0.2) is 58.5 Å². The van der Waals surface area contributed by atoms with Crippen molar-refractivity contribution in [1.82, 2.24) is 9.21 Å². The van der Waals surface area contributed by atoms with E-state index in [0.29, 0.717) is 38.5 Å². The molecule has 3 heterocycles. The van der Waals surface area contributed by atoms with Gasteiger partial charge in [-0.15, -0.1) is 11.3 Å². The second-order valence-electron chi connectivity index (χ2n) is 8.51. The molecule has 0 saturated carbocycles. The summed E-state index contributed by atoms with van der Waals surface area (Å²) in [5.74, 6) is 0.508. The molecule has 10 nitrogen and oxygen atoms in total. The van der Waals surface area contributed by atoms with Gasteiger partial charge in [0.25, 0.3) is 5.91 Å². The predicted octanol–water partition coefficient (Wildman–Crippen LogP) is 2.03. The van der Waals surface area contributed by atoms with E-state index < -0.39 is 16.3 Å². The average molecular weight is 553 g/mol. The zero-order chi connectivity index (χ0) is 26.3. The van der Waals surface area contributed by atoms with Crippen molar-refractivity contribution in [2.45, 2.75) is 23.5 Å². The minimum absolute atomic E-state index is 0.00884. The molecule has 0 bridgehead atoms. The molecule has 12 heteroatoms. The molecule has 4 rings (SSSR count). The number of nitrogens with zero attached hydrogens (tertiary/aromatic N) is 2. The van der Waals surface area contributed by atoms with Gasteiger partial charge in [0, 0.05) is 43.4 Å². The van der Waals surface area contributed by atoms with Crippen molar-refractivity contribution in [2.75, 3.05) is 59.7 Å². The van der Waals surface area contributed by atoms with E-state index in [2.05, 4.69) is 0 Å². The lowest BCUT2D eigenvalue weighted by atomic mass is 9.99. The number of sulfonamides is 1. The van der Waals surface area contributed by atoms with Crippen LogP contribution in [0.3, 0.4) is 0 Å². The lowest BCUT2D eigenvalue weighted by Gasteiger charge is -2.33. The maximum absolute atomic E-state index is 13.1. The summed E-state index contributed by atoms with van der Waals surface area (Å²) in [7, 11) is -2.36. The molecule has 0 unspecified atom stereocenters. The van der Waals surface area contributed by atoms with E-state index in [1.807, 2.05) is 23.6 Å². The molecule has 1 saturated heterocycles. The number of amides is 1. The number of allylic oxidation sites excluding steroid dienone is 1. The number of aliphatic hydroxyl groups excluding tert-OH is 1. The Hall–Kier alpha value is -2.48. The quantitative estimate of drug-likeness (QED) is 0.451. The SMILES string of the molecule is COc1ccc(S(=O)(=O)N(CCO)CCO[C@@H]2C[C@H](c3cccs3)C=C(C(=O)N3CCOCC3)O2)cc1. The Kier molecular flexibility index (Phi) is 9.57. The van der Waals surface area contributed by atoms with E-state index in [9.17, 15) is 18.3 Å². The number of carbonyl (C=O) groups excluding carboxylic acids is 1. The normalized spacial score (nSPS) is 20.4. The standard InChI is InChI=1S/C25H32N2O8S2/c1-32-20-4-6-21(7-5-20)37(30,31)27(8-12-28)11-15-34-24-18-19(23-3-2-16-36-23)17-22(35-24)25(29)26-9-13-33-14-10-26/h2-7,16-17,19,24,28H,8-15,18H2,1H3/t19-,24+/m1/s1. The van der Waals surface area contributed by atoms with Crippen molar-refractivity contribution in [2.24, 2.45) is 0 Å². The van der Waals surface area contributed by atoms with Crippen LogP contribution in [0.4, 0.5) is 0 Å². The van der Waals surface area contributed by atoms with Crippen LogP contribution >= 0.6 is 11.3 Å². The Labute approximate surface area is 221 Å². The first kappa shape index (κ1) is 27.6. The first-order chi connectivity index (χ1) is 17.9. The summed E-state index contributed by atoms with van der Waals surface area (Å²) >= 11 is 1.59. The summed E-state index contributed by atoms with van der Waals surface area (Å²) in [5, 5.41) is 11.5. The van der Waals surface area contributed by atoms with Crippen LogP contribution < -0.4 is 4.74 Å². The number of ether oxygens (including phenoxy) is 4. The number of thiophene rings is 1. The van der Waals surface area contributed by atoms with E-state index in [-0.39, 0.29) is 48.8 Å². The third-order valence-corrected chi connectivity index (χ3v) is 9.08. The minimum atomic E-state index is -3.86. The van der Waals surface area contributed by atoms with E-state index in [4.69, 9.17) is 18.9 Å². The zero-order valence-electron chi connectivity index (χ0n) is 20.7. The lowest BCUT2D eigenvalue weighted by molar-refractivity contribution is -0.155. The van der Waals surface area contributed by atoms with Crippen LogP contribution in [0.1, 0.15) is 17.2 Å². The number of hydrogen-bond acceptors (Lipinski definition) is 9. The molecule has 1 fully saturated rings. The Bertz CT molecular complexity index is 1150. The third-order valence-electron chi connectivity index (χ3n) is 6.17. The summed E-state index contributed by atoms with van der Waals surface area (Å²) in [4.78, 5) is 16.0. The highest BCUT2D eigenvalue weighted by molar-refractivity contribution is 7.89. The monoisotopic (exact) mass is 552 g/mol. The van der Waals surface area contributed by atoms with Crippen molar-refractivity contribution in [1.29, 1.82) is 0 Å². The van der Waals surface area contributed by atoms with Gasteiger partial charge < -0.3 is 29.0 Å². The van der Waals surface area contributed by atoms with Crippen molar-refractivity contribution < 1.29 is 37.3 Å². The number of morpholine rings is 1. The van der Waals surface area contributed by atoms with Gasteiger partial charge in [-0.1, -0.05) is 6.07 Å². The van der Waals surface area contributed by atoms with E-state index >= 15 is 0 Å². The second kappa shape index (κ2) is 12.9. The van der Waals surface area contributed by atoms with Crippen molar-refractivity contribution in [3.05, 3.63) is 58.5 Å². The van der Waals surface area contributed by atoms with Gasteiger partial charge in [0.05, 0.1) is 38.4 Å². The minimum Gasteiger partial charge on any atom is -0.497 e. The summed E-state index contributed by atoms with van der Waals surface area (Å²) in [6.45, 7) is 1.57. The third kappa shape index (κ3) is 6.89. The maximum atomic E-state index is 13.1. The van der Waals surface area contributed by atoms with Crippen LogP contribution in [0.25, 0.3) is 0 Å². The van der Waals surface area contributed by atoms with E-state index in [1.54, 1.807) is 28.4 Å². The van der Waals surface area contributed by atoms with Crippen molar-refractivity contribution in [3.8, 4) is 5.75 Å². The molecular weight excluding hydrogens is 520 g/mol. The van der Waals surface area contributed by atoms with Gasteiger partial charge in [-0.25, -0.2) is 8.42 Å². The molecule has 0 radical (unpaired) electrons. The fraction of sp³-hybridized carbons (Fsp3) is 0.480. The van der Waals surface area contributed by atoms with Gasteiger partial charge in [-0.05, 0) is 41.8 Å². The Morgan fingerprint density at radius 3 is 2.59 bits per heavy atom. The summed E-state index contributed by atoms with van der Waals surface area (Å²) < 4.78 is 49.8. The number of aliphatic hydroxyl groups is 1. The number of benzene rings is 1. The summed E-state index contributed by atoms with van der Waals surface area (Å²) in [6.07, 6.45) is 1.61. The molecule has 1 aromatic heterocycles. The Balaban J connectivity index is 1.42.